The Balaban J connectivity index is 2.27. The molecule has 2 rings (SSSR count). The van der Waals surface area contributed by atoms with Gasteiger partial charge >= 0.3 is 0 Å². The zero-order valence-corrected chi connectivity index (χ0v) is 13.0. The molecule has 0 aliphatic rings. The molecule has 1 aromatic carbocycles. The molecule has 21 heavy (non-hydrogen) atoms. The van der Waals surface area contributed by atoms with Crippen LogP contribution in [0, 0.1) is 24.0 Å². The van der Waals surface area contributed by atoms with Gasteiger partial charge in [-0.3, -0.25) is 14.9 Å². The Morgan fingerprint density at radius 3 is 2.62 bits per heavy atom. The molecule has 0 atom stereocenters. The maximum Gasteiger partial charge on any atom is 0.270 e. The summed E-state index contributed by atoms with van der Waals surface area (Å²) in [5.74, 6) is -0.0409. The Kier molecular flexibility index (Phi) is 4.32. The molecular formula is C14H12BrN3O3. The molecule has 2 aromatic rings. The fourth-order valence-corrected chi connectivity index (χ4v) is 2.02. The maximum atomic E-state index is 12.2. The SMILES string of the molecule is Cc1cc(C(=O)Nc2ccc(Br)c(C)n2)cc([N+](=O)[O-])c1. The summed E-state index contributed by atoms with van der Waals surface area (Å²) in [5, 5.41) is 13.5. The van der Waals surface area contributed by atoms with Crippen molar-refractivity contribution in [3.8, 4) is 0 Å². The summed E-state index contributed by atoms with van der Waals surface area (Å²) in [6.07, 6.45) is 0. The van der Waals surface area contributed by atoms with Crippen LogP contribution in [0.4, 0.5) is 11.5 Å². The summed E-state index contributed by atoms with van der Waals surface area (Å²) in [6.45, 7) is 3.50. The molecule has 1 amide bonds. The molecule has 1 heterocycles. The Labute approximate surface area is 129 Å². The molecule has 0 unspecified atom stereocenters. The van der Waals surface area contributed by atoms with Gasteiger partial charge in [0.2, 0.25) is 0 Å². The van der Waals surface area contributed by atoms with Gasteiger partial charge in [-0.2, -0.15) is 0 Å². The van der Waals surface area contributed by atoms with E-state index >= 15 is 0 Å². The summed E-state index contributed by atoms with van der Waals surface area (Å²) in [6, 6.07) is 7.68. The van der Waals surface area contributed by atoms with Crippen molar-refractivity contribution in [1.82, 2.24) is 4.98 Å². The minimum atomic E-state index is -0.522. The summed E-state index contributed by atoms with van der Waals surface area (Å²) < 4.78 is 0.840. The van der Waals surface area contributed by atoms with Gasteiger partial charge in [0.15, 0.2) is 0 Å². The zero-order chi connectivity index (χ0) is 15.6. The number of nitrogens with one attached hydrogen (secondary N) is 1. The first-order valence-corrected chi connectivity index (χ1v) is 6.86. The number of hydrogen-bond acceptors (Lipinski definition) is 4. The summed E-state index contributed by atoms with van der Waals surface area (Å²) >= 11 is 3.33. The van der Waals surface area contributed by atoms with Gasteiger partial charge < -0.3 is 5.32 Å². The van der Waals surface area contributed by atoms with Crippen LogP contribution in [0.1, 0.15) is 21.6 Å². The maximum absolute atomic E-state index is 12.2. The van der Waals surface area contributed by atoms with Crippen molar-refractivity contribution >= 4 is 33.3 Å². The quantitative estimate of drug-likeness (QED) is 0.677. The van der Waals surface area contributed by atoms with Crippen LogP contribution in [-0.4, -0.2) is 15.8 Å². The fourth-order valence-electron chi connectivity index (χ4n) is 1.80. The average Bonchev–Trinajstić information content (AvgIpc) is 2.42. The molecule has 0 aliphatic carbocycles. The van der Waals surface area contributed by atoms with E-state index < -0.39 is 10.8 Å². The second kappa shape index (κ2) is 6.01. The van der Waals surface area contributed by atoms with Crippen molar-refractivity contribution in [1.29, 1.82) is 0 Å². The number of pyridine rings is 1. The molecule has 0 aliphatic heterocycles. The van der Waals surface area contributed by atoms with Gasteiger partial charge in [0.25, 0.3) is 11.6 Å². The molecule has 0 spiro atoms. The minimum absolute atomic E-state index is 0.111. The number of non-ortho nitro benzene ring substituents is 1. The molecule has 0 radical (unpaired) electrons. The van der Waals surface area contributed by atoms with Crippen LogP contribution in [0.25, 0.3) is 0 Å². The Morgan fingerprint density at radius 1 is 1.29 bits per heavy atom. The molecule has 6 nitrogen and oxygen atoms in total. The van der Waals surface area contributed by atoms with Crippen LogP contribution in [0.5, 0.6) is 0 Å². The number of carbonyl (C=O) groups excluding carboxylic acids is 1. The first-order valence-electron chi connectivity index (χ1n) is 6.07. The summed E-state index contributed by atoms with van der Waals surface area (Å²) in [4.78, 5) is 26.7. The van der Waals surface area contributed by atoms with E-state index in [1.165, 1.54) is 12.1 Å². The predicted molar refractivity (Wildman–Crippen MR) is 82.5 cm³/mol. The number of halogens is 1. The van der Waals surface area contributed by atoms with Crippen molar-refractivity contribution in [2.45, 2.75) is 13.8 Å². The Morgan fingerprint density at radius 2 is 2.00 bits per heavy atom. The molecule has 1 N–H and O–H groups in total. The highest BCUT2D eigenvalue weighted by Crippen LogP contribution is 2.19. The Bertz CT molecular complexity index is 731. The lowest BCUT2D eigenvalue weighted by molar-refractivity contribution is -0.384. The molecule has 7 heteroatoms. The zero-order valence-electron chi connectivity index (χ0n) is 11.4. The smallest absolute Gasteiger partial charge is 0.270 e. The van der Waals surface area contributed by atoms with E-state index in [0.29, 0.717) is 11.4 Å². The van der Waals surface area contributed by atoms with Gasteiger partial charge in [0, 0.05) is 22.2 Å². The highest BCUT2D eigenvalue weighted by Gasteiger charge is 2.14. The van der Waals surface area contributed by atoms with Gasteiger partial charge in [-0.1, -0.05) is 0 Å². The molecule has 0 saturated carbocycles. The highest BCUT2D eigenvalue weighted by molar-refractivity contribution is 9.10. The first-order chi connectivity index (χ1) is 9.86. The summed E-state index contributed by atoms with van der Waals surface area (Å²) in [5.41, 5.74) is 1.50. The van der Waals surface area contributed by atoms with Crippen LogP contribution >= 0.6 is 15.9 Å². The van der Waals surface area contributed by atoms with E-state index in [9.17, 15) is 14.9 Å². The van der Waals surface area contributed by atoms with E-state index in [0.717, 1.165) is 10.2 Å². The molecule has 0 saturated heterocycles. The second-order valence-electron chi connectivity index (χ2n) is 4.53. The van der Waals surface area contributed by atoms with Crippen molar-refractivity contribution in [2.75, 3.05) is 5.32 Å². The van der Waals surface area contributed by atoms with Gasteiger partial charge in [-0.25, -0.2) is 4.98 Å². The number of amides is 1. The third kappa shape index (κ3) is 3.63. The number of aromatic nitrogens is 1. The van der Waals surface area contributed by atoms with E-state index in [-0.39, 0.29) is 11.3 Å². The average molecular weight is 350 g/mol. The van der Waals surface area contributed by atoms with Gasteiger partial charge in [-0.15, -0.1) is 0 Å². The number of hydrogen-bond donors (Lipinski definition) is 1. The number of nitro groups is 1. The van der Waals surface area contributed by atoms with Crippen molar-refractivity contribution in [2.24, 2.45) is 0 Å². The molecule has 0 fully saturated rings. The first kappa shape index (κ1) is 15.1. The van der Waals surface area contributed by atoms with Gasteiger partial charge in [-0.05, 0) is 53.5 Å². The third-order valence-corrected chi connectivity index (χ3v) is 3.64. The van der Waals surface area contributed by atoms with E-state index in [2.05, 4.69) is 26.2 Å². The van der Waals surface area contributed by atoms with Crippen LogP contribution in [-0.2, 0) is 0 Å². The second-order valence-corrected chi connectivity index (χ2v) is 5.39. The van der Waals surface area contributed by atoms with Crippen molar-refractivity contribution in [3.05, 3.63) is 61.7 Å². The van der Waals surface area contributed by atoms with Crippen LogP contribution < -0.4 is 5.32 Å². The predicted octanol–water partition coefficient (Wildman–Crippen LogP) is 3.62. The van der Waals surface area contributed by atoms with Gasteiger partial charge in [0.1, 0.15) is 5.82 Å². The Hall–Kier alpha value is -2.28. The van der Waals surface area contributed by atoms with Crippen molar-refractivity contribution < 1.29 is 9.72 Å². The lowest BCUT2D eigenvalue weighted by Gasteiger charge is -2.07. The van der Waals surface area contributed by atoms with Crippen molar-refractivity contribution in [3.63, 3.8) is 0 Å². The van der Waals surface area contributed by atoms with E-state index in [4.69, 9.17) is 0 Å². The van der Waals surface area contributed by atoms with Gasteiger partial charge in [0.05, 0.1) is 10.6 Å². The summed E-state index contributed by atoms with van der Waals surface area (Å²) in [7, 11) is 0. The molecule has 0 bridgehead atoms. The normalized spacial score (nSPS) is 10.2. The lowest BCUT2D eigenvalue weighted by Crippen LogP contribution is -2.13. The molecule has 1 aromatic heterocycles. The topological polar surface area (TPSA) is 85.1 Å². The van der Waals surface area contributed by atoms with E-state index in [1.54, 1.807) is 32.0 Å². The standard InChI is InChI=1S/C14H12BrN3O3/c1-8-5-10(7-11(6-8)18(20)21)14(19)17-13-4-3-12(15)9(2)16-13/h3-7H,1-2H3,(H,16,17,19). The third-order valence-electron chi connectivity index (χ3n) is 2.80. The lowest BCUT2D eigenvalue weighted by atomic mass is 10.1. The number of aryl methyl sites for hydroxylation is 2. The number of anilines is 1. The number of carbonyl (C=O) groups is 1. The minimum Gasteiger partial charge on any atom is -0.307 e. The number of nitro benzene ring substituents is 1. The van der Waals surface area contributed by atoms with Crippen LogP contribution in [0.2, 0.25) is 0 Å². The number of benzene rings is 1. The van der Waals surface area contributed by atoms with Crippen LogP contribution in [0.3, 0.4) is 0 Å². The monoisotopic (exact) mass is 349 g/mol. The fraction of sp³-hybridized carbons (Fsp3) is 0.143. The number of nitrogens with zero attached hydrogens (tertiary/aromatic N) is 2. The largest absolute Gasteiger partial charge is 0.307 e. The highest BCUT2D eigenvalue weighted by atomic mass is 79.9. The van der Waals surface area contributed by atoms with E-state index in [1.807, 2.05) is 0 Å². The molecule has 108 valence electrons. The van der Waals surface area contributed by atoms with Crippen LogP contribution in [0.15, 0.2) is 34.8 Å². The molecular weight excluding hydrogens is 338 g/mol. The number of rotatable bonds is 3.